The minimum absolute atomic E-state index is 0.0597. The van der Waals surface area contributed by atoms with Crippen molar-refractivity contribution in [1.82, 2.24) is 39.0 Å². The van der Waals surface area contributed by atoms with Gasteiger partial charge in [0.1, 0.15) is 0 Å². The molecule has 0 N–H and O–H groups in total. The summed E-state index contributed by atoms with van der Waals surface area (Å²) >= 11 is 0. The average molecular weight is 1660 g/mol. The molecule has 606 valence electrons. The quantitative estimate of drug-likeness (QED) is 0.101. The Hall–Kier alpha value is -14.9. The van der Waals surface area contributed by atoms with E-state index in [0.717, 1.165) is 53.6 Å². The largest absolute Gasteiger partial charge is 0.417 e. The number of nitrogens with zero attached hydrogens (tertiary/aromatic N) is 8. The lowest BCUT2D eigenvalue weighted by molar-refractivity contribution is -0.138. The predicted molar refractivity (Wildman–Crippen MR) is 466 cm³/mol. The molecule has 4 aromatic heterocycles. The van der Waals surface area contributed by atoms with Crippen LogP contribution in [0.1, 0.15) is 44.5 Å². The molecule has 0 atom stereocenters. The summed E-state index contributed by atoms with van der Waals surface area (Å²) in [5, 5.41) is 2.43. The van der Waals surface area contributed by atoms with Crippen molar-refractivity contribution in [2.24, 2.45) is 0 Å². The maximum atomic E-state index is 15.3. The molecule has 0 fully saturated rings. The molecule has 0 saturated heterocycles. The average Bonchev–Trinajstić information content (AvgIpc) is 1.58. The van der Waals surface area contributed by atoms with Gasteiger partial charge in [0, 0.05) is 66.2 Å². The first-order valence-corrected chi connectivity index (χ1v) is 39.6. The zero-order valence-electron chi connectivity index (χ0n) is 66.3. The zero-order valence-corrected chi connectivity index (χ0v) is 66.3. The van der Waals surface area contributed by atoms with Crippen LogP contribution >= 0.6 is 0 Å². The number of benzene rings is 15. The maximum absolute atomic E-state index is 15.3. The van der Waals surface area contributed by atoms with Crippen LogP contribution in [0.5, 0.6) is 0 Å². The Morgan fingerprint density at radius 2 is 0.524 bits per heavy atom. The molecule has 0 aliphatic heterocycles. The number of fused-ring (bicyclic) bond motifs is 6. The molecule has 8 nitrogen and oxygen atoms in total. The number of rotatable bonds is 14. The number of alkyl halides is 12. The second kappa shape index (κ2) is 30.6. The summed E-state index contributed by atoms with van der Waals surface area (Å²) in [6.45, 7) is 6.44. The normalized spacial score (nSPS) is 12.2. The van der Waals surface area contributed by atoms with Gasteiger partial charge < -0.3 is 9.13 Å². The molecule has 0 aliphatic rings. The van der Waals surface area contributed by atoms with Crippen molar-refractivity contribution in [1.29, 1.82) is 0 Å². The van der Waals surface area contributed by atoms with Gasteiger partial charge in [-0.15, -0.1) is 0 Å². The molecule has 0 spiro atoms. The van der Waals surface area contributed by atoms with Gasteiger partial charge in [0.05, 0.1) is 50.0 Å². The minimum Gasteiger partial charge on any atom is -0.309 e. The number of hydrogen-bond donors (Lipinski definition) is 0. The second-order valence-corrected chi connectivity index (χ2v) is 30.9. The van der Waals surface area contributed by atoms with E-state index >= 15 is 13.2 Å². The van der Waals surface area contributed by atoms with Crippen molar-refractivity contribution in [3.05, 3.63) is 372 Å². The fourth-order valence-electron chi connectivity index (χ4n) is 16.8. The van der Waals surface area contributed by atoms with Crippen LogP contribution < -0.4 is 0 Å². The van der Waals surface area contributed by atoms with Crippen LogP contribution in [0, 0.1) is 27.7 Å². The number of hydrogen-bond acceptors (Lipinski definition) is 6. The van der Waals surface area contributed by atoms with E-state index in [4.69, 9.17) is 29.9 Å². The summed E-state index contributed by atoms with van der Waals surface area (Å²) < 4.78 is 179. The van der Waals surface area contributed by atoms with E-state index in [1.54, 1.807) is 52.0 Å². The Morgan fingerprint density at radius 3 is 0.903 bits per heavy atom. The van der Waals surface area contributed by atoms with Crippen LogP contribution in [0.4, 0.5) is 52.7 Å². The maximum Gasteiger partial charge on any atom is 0.417 e. The van der Waals surface area contributed by atoms with Gasteiger partial charge in [-0.2, -0.15) is 52.7 Å². The van der Waals surface area contributed by atoms with Gasteiger partial charge in [-0.3, -0.25) is 0 Å². The highest BCUT2D eigenvalue weighted by Crippen LogP contribution is 2.48. The molecular formula is C104H66F12N8. The van der Waals surface area contributed by atoms with Crippen molar-refractivity contribution >= 4 is 43.6 Å². The van der Waals surface area contributed by atoms with Crippen LogP contribution in [0.3, 0.4) is 0 Å². The van der Waals surface area contributed by atoms with Crippen LogP contribution in [0.15, 0.2) is 328 Å². The summed E-state index contributed by atoms with van der Waals surface area (Å²) in [6, 6.07) is 94.8. The van der Waals surface area contributed by atoms with Gasteiger partial charge in [0.25, 0.3) is 0 Å². The standard InChI is InChI=1S/C104H66F12N8/c1-59-28-37-83(89(46-59)104(114,115)116)72-32-44-94-88(57-72)87-56-71(82-40-36-78(49-62(82)4)103(111,112)113)31-43-93(87)124(94)90-45-33-73(99-119-95(63-18-9-5-10-19-63)117-96(120-99)64-20-11-6-12-21-64)58-84(90)68-27-17-26-67(50-68)74-51-75(100-121-97(65-22-13-7-14-23-65)118-98(122-100)66-24-15-8-16-25-66)53-79(52-74)123-91-41-29-69(80-38-34-76(47-60(80)2)101(105,106)107)54-85(91)86-55-70(30-42-92(86)123)81-39-35-77(48-61(81)3)102(108,109)110/h5-58H,1-4H3. The lowest BCUT2D eigenvalue weighted by Gasteiger charge is -2.18. The lowest BCUT2D eigenvalue weighted by atomic mass is 9.95. The third-order valence-electron chi connectivity index (χ3n) is 22.8. The van der Waals surface area contributed by atoms with Crippen molar-refractivity contribution in [2.45, 2.75) is 52.4 Å². The molecule has 0 radical (unpaired) electrons. The molecule has 0 amide bonds. The van der Waals surface area contributed by atoms with Crippen LogP contribution in [-0.2, 0) is 24.7 Å². The highest BCUT2D eigenvalue weighted by Gasteiger charge is 2.36. The van der Waals surface area contributed by atoms with E-state index < -0.39 is 47.0 Å². The van der Waals surface area contributed by atoms with Gasteiger partial charge in [0.15, 0.2) is 34.9 Å². The van der Waals surface area contributed by atoms with Crippen LogP contribution in [-0.4, -0.2) is 39.0 Å². The van der Waals surface area contributed by atoms with Gasteiger partial charge in [-0.25, -0.2) is 29.9 Å². The highest BCUT2D eigenvalue weighted by atomic mass is 19.4. The predicted octanol–water partition coefficient (Wildman–Crippen LogP) is 29.6. The summed E-state index contributed by atoms with van der Waals surface area (Å²) in [7, 11) is 0. The van der Waals surface area contributed by atoms with Gasteiger partial charge >= 0.3 is 24.7 Å². The fourth-order valence-corrected chi connectivity index (χ4v) is 16.8. The van der Waals surface area contributed by atoms with Gasteiger partial charge in [-0.1, -0.05) is 200 Å². The summed E-state index contributed by atoms with van der Waals surface area (Å²) in [5.41, 5.74) is 11.9. The molecule has 19 aromatic rings. The fraction of sp³-hybridized carbons (Fsp3) is 0.0769. The topological polar surface area (TPSA) is 87.2 Å². The van der Waals surface area contributed by atoms with Crippen LogP contribution in [0.2, 0.25) is 0 Å². The first kappa shape index (κ1) is 78.9. The van der Waals surface area contributed by atoms with E-state index in [0.29, 0.717) is 184 Å². The minimum atomic E-state index is -4.75. The Bertz CT molecular complexity index is 7220. The Kier molecular flexibility index (Phi) is 19.5. The summed E-state index contributed by atoms with van der Waals surface area (Å²) in [6.07, 6.45) is -18.6. The Balaban J connectivity index is 0.872. The summed E-state index contributed by atoms with van der Waals surface area (Å²) in [4.78, 5) is 31.0. The first-order chi connectivity index (χ1) is 59.6. The smallest absolute Gasteiger partial charge is 0.309 e. The van der Waals surface area contributed by atoms with Crippen molar-refractivity contribution in [3.8, 4) is 146 Å². The molecule has 20 heteroatoms. The Morgan fingerprint density at radius 1 is 0.210 bits per heavy atom. The van der Waals surface area contributed by atoms with E-state index in [2.05, 4.69) is 4.57 Å². The number of aromatic nitrogens is 8. The zero-order chi connectivity index (χ0) is 85.8. The van der Waals surface area contributed by atoms with Crippen LogP contribution in [0.25, 0.3) is 190 Å². The first-order valence-electron chi connectivity index (χ1n) is 39.6. The van der Waals surface area contributed by atoms with E-state index in [-0.39, 0.29) is 17.0 Å². The monoisotopic (exact) mass is 1650 g/mol. The molecule has 0 saturated carbocycles. The third kappa shape index (κ3) is 14.9. The molecule has 0 aliphatic carbocycles. The van der Waals surface area contributed by atoms with E-state index in [1.807, 2.05) is 241 Å². The molecule has 15 aromatic carbocycles. The van der Waals surface area contributed by atoms with Crippen molar-refractivity contribution in [3.63, 3.8) is 0 Å². The third-order valence-corrected chi connectivity index (χ3v) is 22.8. The summed E-state index contributed by atoms with van der Waals surface area (Å²) in [5.74, 6) is 2.13. The SMILES string of the molecule is Cc1ccc(-c2ccc3c(c2)c2cc(-c4ccc(C(F)(F)F)cc4C)ccc2n3-c2ccc(-c3nc(-c4ccccc4)nc(-c4ccccc4)n3)cc2-c2cccc(-c3cc(-c4nc(-c5ccccc5)nc(-c5ccccc5)n4)cc(-n4c5ccc(-c6ccc(C(F)(F)F)cc6C)cc5c5cc(-c6ccc(C(F)(F)F)cc6C)ccc54)c3)c2)c(C(F)(F)F)c1. The van der Waals surface area contributed by atoms with Gasteiger partial charge in [-0.05, 0) is 239 Å². The molecule has 0 bridgehead atoms. The van der Waals surface area contributed by atoms with E-state index in [9.17, 15) is 39.5 Å². The molecule has 124 heavy (non-hydrogen) atoms. The van der Waals surface area contributed by atoms with Crippen molar-refractivity contribution < 1.29 is 52.7 Å². The Labute approximate surface area is 702 Å². The molecule has 19 rings (SSSR count). The second-order valence-electron chi connectivity index (χ2n) is 30.9. The highest BCUT2D eigenvalue weighted by molar-refractivity contribution is 6.14. The molecular weight excluding hydrogens is 1590 g/mol. The number of halogens is 12. The molecule has 0 unspecified atom stereocenters. The molecule has 4 heterocycles. The number of aryl methyl sites for hydroxylation is 4. The lowest BCUT2D eigenvalue weighted by Crippen LogP contribution is -2.07. The van der Waals surface area contributed by atoms with Gasteiger partial charge in [0.2, 0.25) is 0 Å². The van der Waals surface area contributed by atoms with E-state index in [1.165, 1.54) is 24.3 Å². The van der Waals surface area contributed by atoms with Crippen molar-refractivity contribution in [2.75, 3.05) is 0 Å².